The minimum Gasteiger partial charge on any atom is -0.488 e. The van der Waals surface area contributed by atoms with E-state index in [1.165, 1.54) is 6.07 Å². The second-order valence-corrected chi connectivity index (χ2v) is 5.78. The molecule has 0 aromatic heterocycles. The van der Waals surface area contributed by atoms with Gasteiger partial charge in [-0.2, -0.15) is 0 Å². The van der Waals surface area contributed by atoms with E-state index < -0.39 is 0 Å². The second kappa shape index (κ2) is 6.57. The van der Waals surface area contributed by atoms with Crippen LogP contribution < -0.4 is 10.5 Å². The Bertz CT molecular complexity index is 599. The molecule has 0 saturated heterocycles. The Morgan fingerprint density at radius 2 is 2.10 bits per heavy atom. The van der Waals surface area contributed by atoms with Crippen molar-refractivity contribution in [2.75, 3.05) is 0 Å². The van der Waals surface area contributed by atoms with E-state index in [0.717, 1.165) is 10.0 Å². The number of benzene rings is 2. The van der Waals surface area contributed by atoms with Gasteiger partial charge in [0.05, 0.1) is 5.02 Å². The van der Waals surface area contributed by atoms with Gasteiger partial charge < -0.3 is 10.5 Å². The molecule has 0 saturated carbocycles. The van der Waals surface area contributed by atoms with Crippen molar-refractivity contribution in [1.29, 1.82) is 0 Å². The number of nitrogens with two attached hydrogens (primary N) is 1. The van der Waals surface area contributed by atoms with Crippen LogP contribution >= 0.6 is 27.5 Å². The molecule has 0 aliphatic heterocycles. The fourth-order valence-electron chi connectivity index (χ4n) is 1.83. The molecule has 0 amide bonds. The fraction of sp³-hybridized carbons (Fsp3) is 0.200. The zero-order chi connectivity index (χ0) is 14.7. The molecule has 0 bridgehead atoms. The summed E-state index contributed by atoms with van der Waals surface area (Å²) in [6, 6.07) is 9.92. The number of rotatable bonds is 4. The van der Waals surface area contributed by atoms with Crippen molar-refractivity contribution in [1.82, 2.24) is 0 Å². The summed E-state index contributed by atoms with van der Waals surface area (Å²) in [4.78, 5) is 0. The highest BCUT2D eigenvalue weighted by molar-refractivity contribution is 9.10. The maximum atomic E-state index is 13.7. The average molecular weight is 359 g/mol. The van der Waals surface area contributed by atoms with Gasteiger partial charge in [0.2, 0.25) is 0 Å². The standard InChI is InChI=1S/C15H14BrClFNO/c1-9(19)11-7-10(16)5-6-15(11)20-8-12-13(17)3-2-4-14(12)18/h2-7,9H,8,19H2,1H3. The van der Waals surface area contributed by atoms with Gasteiger partial charge in [0.15, 0.2) is 0 Å². The van der Waals surface area contributed by atoms with E-state index in [9.17, 15) is 4.39 Å². The lowest BCUT2D eigenvalue weighted by atomic mass is 10.1. The third-order valence-corrected chi connectivity index (χ3v) is 3.74. The quantitative estimate of drug-likeness (QED) is 0.848. The molecular weight excluding hydrogens is 345 g/mol. The summed E-state index contributed by atoms with van der Waals surface area (Å²) in [6.07, 6.45) is 0. The smallest absolute Gasteiger partial charge is 0.131 e. The van der Waals surface area contributed by atoms with Gasteiger partial charge in [-0.3, -0.25) is 0 Å². The van der Waals surface area contributed by atoms with Gasteiger partial charge in [-0.15, -0.1) is 0 Å². The zero-order valence-electron chi connectivity index (χ0n) is 10.9. The van der Waals surface area contributed by atoms with Gasteiger partial charge in [0, 0.05) is 21.6 Å². The van der Waals surface area contributed by atoms with Crippen LogP contribution in [0.25, 0.3) is 0 Å². The van der Waals surface area contributed by atoms with E-state index in [0.29, 0.717) is 16.3 Å². The molecule has 2 rings (SSSR count). The molecule has 0 fully saturated rings. The lowest BCUT2D eigenvalue weighted by Gasteiger charge is -2.15. The third kappa shape index (κ3) is 3.51. The first kappa shape index (κ1) is 15.3. The van der Waals surface area contributed by atoms with E-state index in [-0.39, 0.29) is 18.5 Å². The maximum absolute atomic E-state index is 13.7. The largest absolute Gasteiger partial charge is 0.488 e. The number of halogens is 3. The first-order valence-electron chi connectivity index (χ1n) is 6.09. The lowest BCUT2D eigenvalue weighted by molar-refractivity contribution is 0.295. The van der Waals surface area contributed by atoms with Crippen LogP contribution in [0.5, 0.6) is 5.75 Å². The van der Waals surface area contributed by atoms with Crippen molar-refractivity contribution in [2.24, 2.45) is 5.73 Å². The van der Waals surface area contributed by atoms with Crippen molar-refractivity contribution in [2.45, 2.75) is 19.6 Å². The Morgan fingerprint density at radius 3 is 2.75 bits per heavy atom. The van der Waals surface area contributed by atoms with Crippen molar-refractivity contribution >= 4 is 27.5 Å². The van der Waals surface area contributed by atoms with Crippen LogP contribution in [-0.2, 0) is 6.61 Å². The molecule has 1 unspecified atom stereocenters. The highest BCUT2D eigenvalue weighted by atomic mass is 79.9. The molecule has 2 aromatic carbocycles. The molecule has 2 nitrogen and oxygen atoms in total. The predicted molar refractivity (Wildman–Crippen MR) is 82.5 cm³/mol. The van der Waals surface area contributed by atoms with Gasteiger partial charge in [0.1, 0.15) is 18.2 Å². The van der Waals surface area contributed by atoms with Crippen molar-refractivity contribution in [3.8, 4) is 5.75 Å². The van der Waals surface area contributed by atoms with Crippen LogP contribution in [0.3, 0.4) is 0 Å². The third-order valence-electron chi connectivity index (χ3n) is 2.90. The molecule has 2 N–H and O–H groups in total. The van der Waals surface area contributed by atoms with Crippen LogP contribution in [-0.4, -0.2) is 0 Å². The van der Waals surface area contributed by atoms with Crippen LogP contribution in [0.15, 0.2) is 40.9 Å². The van der Waals surface area contributed by atoms with Crippen molar-refractivity contribution in [3.05, 3.63) is 62.8 Å². The molecule has 0 heterocycles. The molecule has 0 spiro atoms. The van der Waals surface area contributed by atoms with Gasteiger partial charge in [-0.25, -0.2) is 4.39 Å². The van der Waals surface area contributed by atoms with E-state index in [2.05, 4.69) is 15.9 Å². The first-order valence-corrected chi connectivity index (χ1v) is 7.27. The molecule has 20 heavy (non-hydrogen) atoms. The topological polar surface area (TPSA) is 35.2 Å². The van der Waals surface area contributed by atoms with Crippen molar-refractivity contribution in [3.63, 3.8) is 0 Å². The highest BCUT2D eigenvalue weighted by Crippen LogP contribution is 2.29. The van der Waals surface area contributed by atoms with Crippen LogP contribution in [0.2, 0.25) is 5.02 Å². The van der Waals surface area contributed by atoms with Gasteiger partial charge in [-0.05, 0) is 37.3 Å². The second-order valence-electron chi connectivity index (χ2n) is 4.46. The normalized spacial score (nSPS) is 12.2. The van der Waals surface area contributed by atoms with Gasteiger partial charge >= 0.3 is 0 Å². The average Bonchev–Trinajstić information content (AvgIpc) is 2.39. The van der Waals surface area contributed by atoms with E-state index >= 15 is 0 Å². The fourth-order valence-corrected chi connectivity index (χ4v) is 2.42. The van der Waals surface area contributed by atoms with E-state index in [1.807, 2.05) is 19.1 Å². The minimum atomic E-state index is -0.378. The van der Waals surface area contributed by atoms with Crippen LogP contribution in [0.1, 0.15) is 24.1 Å². The summed E-state index contributed by atoms with van der Waals surface area (Å²) in [5.41, 5.74) is 7.11. The van der Waals surface area contributed by atoms with E-state index in [4.69, 9.17) is 22.1 Å². The maximum Gasteiger partial charge on any atom is 0.131 e. The van der Waals surface area contributed by atoms with Gasteiger partial charge in [-0.1, -0.05) is 33.6 Å². The summed E-state index contributed by atoms with van der Waals surface area (Å²) < 4.78 is 20.3. The molecule has 2 aromatic rings. The minimum absolute atomic E-state index is 0.0624. The van der Waals surface area contributed by atoms with Gasteiger partial charge in [0.25, 0.3) is 0 Å². The Balaban J connectivity index is 2.23. The molecule has 5 heteroatoms. The van der Waals surface area contributed by atoms with Crippen LogP contribution in [0, 0.1) is 5.82 Å². The highest BCUT2D eigenvalue weighted by Gasteiger charge is 2.12. The Hall–Kier alpha value is -1.10. The number of ether oxygens (including phenoxy) is 1. The lowest BCUT2D eigenvalue weighted by Crippen LogP contribution is -2.08. The Morgan fingerprint density at radius 1 is 1.35 bits per heavy atom. The first-order chi connectivity index (χ1) is 9.49. The summed E-state index contributed by atoms with van der Waals surface area (Å²) in [7, 11) is 0. The molecule has 0 aliphatic carbocycles. The van der Waals surface area contributed by atoms with E-state index in [1.54, 1.807) is 18.2 Å². The summed E-state index contributed by atoms with van der Waals surface area (Å²) in [6.45, 7) is 1.93. The predicted octanol–water partition coefficient (Wildman–Crippen LogP) is 4.84. The molecule has 106 valence electrons. The summed E-state index contributed by atoms with van der Waals surface area (Å²) >= 11 is 9.36. The summed E-state index contributed by atoms with van der Waals surface area (Å²) in [5, 5.41) is 0.351. The monoisotopic (exact) mass is 357 g/mol. The van der Waals surface area contributed by atoms with Crippen LogP contribution in [0.4, 0.5) is 4.39 Å². The Labute approximate surface area is 130 Å². The van der Waals surface area contributed by atoms with Crippen molar-refractivity contribution < 1.29 is 9.13 Å². The zero-order valence-corrected chi connectivity index (χ0v) is 13.2. The Kier molecular flexibility index (Phi) is 5.02. The SMILES string of the molecule is CC(N)c1cc(Br)ccc1OCc1c(F)cccc1Cl. The number of hydrogen-bond donors (Lipinski definition) is 1. The molecule has 0 aliphatic rings. The summed E-state index contributed by atoms with van der Waals surface area (Å²) in [5.74, 6) is 0.250. The molecular formula is C15H14BrClFNO. The number of hydrogen-bond acceptors (Lipinski definition) is 2. The molecule has 0 radical (unpaired) electrons. The molecule has 1 atom stereocenters.